The van der Waals surface area contributed by atoms with Crippen LogP contribution in [-0.2, 0) is 28.6 Å². The quantitative estimate of drug-likeness (QED) is 0.0291. The molecule has 0 heterocycles. The van der Waals surface area contributed by atoms with Crippen LogP contribution < -0.4 is 0 Å². The van der Waals surface area contributed by atoms with Gasteiger partial charge in [-0.2, -0.15) is 0 Å². The van der Waals surface area contributed by atoms with E-state index in [-0.39, 0.29) is 36.2 Å². The van der Waals surface area contributed by atoms with E-state index in [1.807, 2.05) is 21.1 Å². The molecule has 0 aliphatic heterocycles. The number of rotatable bonds is 37. The lowest BCUT2D eigenvalue weighted by Crippen LogP contribution is -2.50. The van der Waals surface area contributed by atoms with Gasteiger partial charge in [0.05, 0.1) is 34.4 Å². The number of carbonyl (C=O) groups excluding carboxylic acids is 2. The lowest BCUT2D eigenvalue weighted by Gasteiger charge is -2.31. The molecule has 0 radical (unpaired) electrons. The standard InChI is InChI=1S/C47H79NO7/c1-6-8-10-12-14-16-17-18-19-20-21-22-23-24-25-26-27-28-30-31-33-35-37-45(49)54-42-43(41-53-40-39-44(47(51)52)48(3,4)5)55-46(50)38-36-34-32-29-15-13-11-9-7-2/h8,10,14,16,18-19,21-22,24-25,27-28,43-44H,6-7,9,11-13,15,17,20,23,26,29-42H2,1-5H3/p+1/b10-8+,16-14+,19-18+,22-21+,25-24+,28-27+. The number of carbonyl (C=O) groups is 3. The van der Waals surface area contributed by atoms with Gasteiger partial charge in [-0.05, 0) is 64.2 Å². The minimum atomic E-state index is -0.883. The van der Waals surface area contributed by atoms with E-state index < -0.39 is 18.1 Å². The molecule has 314 valence electrons. The highest BCUT2D eigenvalue weighted by atomic mass is 16.6. The number of hydrogen-bond donors (Lipinski definition) is 1. The summed E-state index contributed by atoms with van der Waals surface area (Å²) in [4.78, 5) is 36.8. The molecule has 0 aliphatic carbocycles. The second-order valence-corrected chi connectivity index (χ2v) is 15.2. The average molecular weight is 771 g/mol. The van der Waals surface area contributed by atoms with E-state index in [0.717, 1.165) is 83.5 Å². The van der Waals surface area contributed by atoms with Crippen molar-refractivity contribution in [2.24, 2.45) is 0 Å². The zero-order chi connectivity index (χ0) is 40.7. The summed E-state index contributed by atoms with van der Waals surface area (Å²) in [7, 11) is 5.50. The molecule has 8 heteroatoms. The van der Waals surface area contributed by atoms with Crippen LogP contribution in [0.25, 0.3) is 0 Å². The van der Waals surface area contributed by atoms with Crippen molar-refractivity contribution in [3.8, 4) is 0 Å². The summed E-state index contributed by atoms with van der Waals surface area (Å²) in [6, 6.07) is -0.621. The Bertz CT molecular complexity index is 1130. The summed E-state index contributed by atoms with van der Waals surface area (Å²) >= 11 is 0. The maximum atomic E-state index is 12.6. The van der Waals surface area contributed by atoms with E-state index in [9.17, 15) is 19.5 Å². The summed E-state index contributed by atoms with van der Waals surface area (Å²) in [5.74, 6) is -1.52. The number of unbranched alkanes of at least 4 members (excludes halogenated alkanes) is 11. The summed E-state index contributed by atoms with van der Waals surface area (Å²) in [5.41, 5.74) is 0. The van der Waals surface area contributed by atoms with Crippen molar-refractivity contribution < 1.29 is 38.2 Å². The summed E-state index contributed by atoms with van der Waals surface area (Å²) in [5, 5.41) is 9.59. The van der Waals surface area contributed by atoms with Crippen molar-refractivity contribution in [2.75, 3.05) is 41.0 Å². The maximum absolute atomic E-state index is 12.6. The smallest absolute Gasteiger partial charge is 0.362 e. The SMILES string of the molecule is CC/C=C/C/C=C/C/C=C/C/C=C/C/C=C/C/C=C/CCCCCC(=O)OCC(COCCC(C(=O)O)[N+](C)(C)C)OC(=O)CCCCCCCCCCC. The molecule has 2 unspecified atom stereocenters. The Labute approximate surface area is 336 Å². The van der Waals surface area contributed by atoms with E-state index in [2.05, 4.69) is 86.8 Å². The number of carboxylic acids is 1. The van der Waals surface area contributed by atoms with Crippen molar-refractivity contribution in [3.63, 3.8) is 0 Å². The number of allylic oxidation sites excluding steroid dienone is 12. The predicted octanol–water partition coefficient (Wildman–Crippen LogP) is 11.6. The van der Waals surface area contributed by atoms with Gasteiger partial charge in [0, 0.05) is 19.3 Å². The molecule has 0 saturated heterocycles. The minimum absolute atomic E-state index is 0.0478. The molecule has 0 rings (SSSR count). The molecule has 0 amide bonds. The molecular formula is C47H80NO7+. The van der Waals surface area contributed by atoms with E-state index >= 15 is 0 Å². The summed E-state index contributed by atoms with van der Waals surface area (Å²) < 4.78 is 17.2. The molecule has 1 N–H and O–H groups in total. The van der Waals surface area contributed by atoms with Gasteiger partial charge in [-0.1, -0.05) is 145 Å². The third-order valence-corrected chi connectivity index (χ3v) is 9.12. The van der Waals surface area contributed by atoms with E-state index in [0.29, 0.717) is 19.3 Å². The first kappa shape index (κ1) is 51.8. The predicted molar refractivity (Wildman–Crippen MR) is 229 cm³/mol. The fourth-order valence-electron chi connectivity index (χ4n) is 5.80. The van der Waals surface area contributed by atoms with Gasteiger partial charge >= 0.3 is 17.9 Å². The molecule has 0 fully saturated rings. The van der Waals surface area contributed by atoms with Crippen molar-refractivity contribution >= 4 is 17.9 Å². The largest absolute Gasteiger partial charge is 0.477 e. The van der Waals surface area contributed by atoms with Crippen LogP contribution in [0.4, 0.5) is 0 Å². The van der Waals surface area contributed by atoms with Crippen molar-refractivity contribution in [1.29, 1.82) is 0 Å². The number of likely N-dealkylation sites (N-methyl/N-ethyl adjacent to an activating group) is 1. The van der Waals surface area contributed by atoms with Crippen LogP contribution in [0.5, 0.6) is 0 Å². The van der Waals surface area contributed by atoms with Gasteiger partial charge in [-0.3, -0.25) is 9.59 Å². The van der Waals surface area contributed by atoms with Crippen LogP contribution in [0.2, 0.25) is 0 Å². The Morgan fingerprint density at radius 3 is 1.51 bits per heavy atom. The number of nitrogens with zero attached hydrogens (tertiary/aromatic N) is 1. The number of ether oxygens (including phenoxy) is 3. The molecule has 55 heavy (non-hydrogen) atoms. The number of quaternary nitrogens is 1. The Hall–Kier alpha value is -3.23. The van der Waals surface area contributed by atoms with Crippen molar-refractivity contribution in [1.82, 2.24) is 0 Å². The highest BCUT2D eigenvalue weighted by Gasteiger charge is 2.31. The number of carboxylic acid groups (broad SMARTS) is 1. The Morgan fingerprint density at radius 1 is 0.564 bits per heavy atom. The molecule has 0 aliphatic rings. The van der Waals surface area contributed by atoms with Gasteiger partial charge < -0.3 is 23.8 Å². The van der Waals surface area contributed by atoms with Crippen LogP contribution in [0.1, 0.15) is 155 Å². The van der Waals surface area contributed by atoms with Crippen LogP contribution in [0, 0.1) is 0 Å². The third kappa shape index (κ3) is 36.2. The molecule has 0 aromatic heterocycles. The lowest BCUT2D eigenvalue weighted by atomic mass is 10.1. The third-order valence-electron chi connectivity index (χ3n) is 9.12. The summed E-state index contributed by atoms with van der Waals surface area (Å²) in [6.45, 7) is 4.55. The first-order valence-electron chi connectivity index (χ1n) is 21.5. The Balaban J connectivity index is 4.35. The molecular weight excluding hydrogens is 691 g/mol. The molecule has 0 spiro atoms. The second-order valence-electron chi connectivity index (χ2n) is 15.2. The molecule has 2 atom stereocenters. The average Bonchev–Trinajstić information content (AvgIpc) is 3.14. The normalized spacial score (nSPS) is 13.7. The van der Waals surface area contributed by atoms with Gasteiger partial charge in [0.1, 0.15) is 6.61 Å². The van der Waals surface area contributed by atoms with Gasteiger partial charge in [-0.25, -0.2) is 4.79 Å². The number of hydrogen-bond acceptors (Lipinski definition) is 6. The first-order chi connectivity index (χ1) is 26.6. The van der Waals surface area contributed by atoms with Crippen LogP contribution >= 0.6 is 0 Å². The first-order valence-corrected chi connectivity index (χ1v) is 21.5. The zero-order valence-corrected chi connectivity index (χ0v) is 35.6. The molecule has 0 bridgehead atoms. The molecule has 8 nitrogen and oxygen atoms in total. The van der Waals surface area contributed by atoms with E-state index in [1.165, 1.54) is 38.5 Å². The molecule has 0 saturated carbocycles. The lowest BCUT2D eigenvalue weighted by molar-refractivity contribution is -0.887. The highest BCUT2D eigenvalue weighted by Crippen LogP contribution is 2.13. The van der Waals surface area contributed by atoms with Crippen molar-refractivity contribution in [3.05, 3.63) is 72.9 Å². The van der Waals surface area contributed by atoms with E-state index in [1.54, 1.807) is 0 Å². The summed E-state index contributed by atoms with van der Waals surface area (Å²) in [6.07, 6.45) is 46.7. The highest BCUT2D eigenvalue weighted by molar-refractivity contribution is 5.72. The van der Waals surface area contributed by atoms with Crippen LogP contribution in [-0.4, -0.2) is 80.6 Å². The topological polar surface area (TPSA) is 99.1 Å². The molecule has 0 aromatic carbocycles. The van der Waals surface area contributed by atoms with Crippen LogP contribution in [0.3, 0.4) is 0 Å². The monoisotopic (exact) mass is 771 g/mol. The van der Waals surface area contributed by atoms with Crippen LogP contribution in [0.15, 0.2) is 72.9 Å². The second kappa shape index (κ2) is 37.7. The number of esters is 2. The number of aliphatic carboxylic acids is 1. The van der Waals surface area contributed by atoms with Gasteiger partial charge in [0.25, 0.3) is 0 Å². The Morgan fingerprint density at radius 2 is 1.02 bits per heavy atom. The minimum Gasteiger partial charge on any atom is -0.477 e. The van der Waals surface area contributed by atoms with Gasteiger partial charge in [0.15, 0.2) is 12.1 Å². The van der Waals surface area contributed by atoms with Gasteiger partial charge in [-0.15, -0.1) is 0 Å². The fraction of sp³-hybridized carbons (Fsp3) is 0.681. The fourth-order valence-corrected chi connectivity index (χ4v) is 5.80. The molecule has 0 aromatic rings. The van der Waals surface area contributed by atoms with E-state index in [4.69, 9.17) is 14.2 Å². The zero-order valence-electron chi connectivity index (χ0n) is 35.6. The van der Waals surface area contributed by atoms with Gasteiger partial charge in [0.2, 0.25) is 0 Å². The Kier molecular flexibility index (Phi) is 35.5. The van der Waals surface area contributed by atoms with Crippen molar-refractivity contribution in [2.45, 2.75) is 167 Å². The maximum Gasteiger partial charge on any atom is 0.362 e.